The largest absolute Gasteiger partial charge is 0.491 e. The highest BCUT2D eigenvalue weighted by atomic mass is 19.4. The second-order valence-electron chi connectivity index (χ2n) is 27.0. The molecular weight excluding hydrogens is 1520 g/mol. The molecule has 6 aliphatic heterocycles. The Hall–Kier alpha value is -12.0. The number of halogens is 9. The maximum absolute atomic E-state index is 13.5. The number of alkyl halides is 9. The molecule has 12 heterocycles. The van der Waals surface area contributed by atoms with E-state index in [1.807, 2.05) is 0 Å². The third kappa shape index (κ3) is 18.9. The van der Waals surface area contributed by atoms with Gasteiger partial charge in [0.2, 0.25) is 11.8 Å². The van der Waals surface area contributed by atoms with Crippen molar-refractivity contribution in [1.29, 1.82) is 0 Å². The number of nitrogens with zero attached hydrogens (tertiary/aromatic N) is 16. The van der Waals surface area contributed by atoms with Gasteiger partial charge in [0.1, 0.15) is 61.8 Å². The quantitative estimate of drug-likeness (QED) is 0.0361. The monoisotopic (exact) mass is 1590 g/mol. The molecule has 6 bridgehead atoms. The molecule has 0 saturated carbocycles. The average Bonchev–Trinajstić information content (AvgIpc) is 0.762. The number of carbonyl (C=O) groups is 3. The molecule has 3 aromatic carbocycles. The summed E-state index contributed by atoms with van der Waals surface area (Å²) >= 11 is 0. The zero-order valence-electron chi connectivity index (χ0n) is 60.2. The number of fused-ring (bicyclic) bond motifs is 12. The number of urea groups is 3. The van der Waals surface area contributed by atoms with E-state index in [0.717, 1.165) is 88.1 Å². The minimum Gasteiger partial charge on any atom is -0.491 e. The van der Waals surface area contributed by atoms with Crippen molar-refractivity contribution in [3.63, 3.8) is 0 Å². The molecule has 40 heteroatoms. The molecule has 6 aliphatic rings. The summed E-state index contributed by atoms with van der Waals surface area (Å²) in [6.07, 6.45) is -3.40. The first kappa shape index (κ1) is 80.1. The first-order valence-corrected chi connectivity index (χ1v) is 35.9. The molecule has 114 heavy (non-hydrogen) atoms. The van der Waals surface area contributed by atoms with Crippen LogP contribution in [0.3, 0.4) is 0 Å². The van der Waals surface area contributed by atoms with E-state index in [-0.39, 0.29) is 101 Å². The smallest absolute Gasteiger partial charge is 0.416 e. The first-order chi connectivity index (χ1) is 54.7. The van der Waals surface area contributed by atoms with E-state index < -0.39 is 91.4 Å². The Bertz CT molecular complexity index is 4450. The standard InChI is InChI=1S/2C25H25F3N6O4.C24H24F3N7O4/c26-25(27,28)16-4-1-3-15(9-16)22-30-11-20-23(32-22)34(18-5-2-8-33(20)12-18)24(37)31-17-6-7-29-21(10-17)38-14-19(36)13-35;26-25(27,28)16-4-1-3-15(9-16)22-30-11-20-23(32-22)34(17-5-2-8-33(20)12-17)24(37)31-21-10-19(6-7-29-21)38-14-18(36)13-35;25-24(26,27)15-4-1-3-14(7-15)21-28-9-18-22(32-21)34(16-5-2-6-33(18)10-16)23(37)31-19-8-20(30-13-29-19)38-12-17(36)11-35/h1,3-4,6-7,9-11,18-19,35-36H,2,5,8,12-14H2,(H,29,31,37);1,3-4,6-7,9-11,17-18,35-36H,2,5,8,12-14H2,(H,29,31,37);1,3-4,7-9,13,16-17,35-36H,2,5-6,10-12H2,(H,29,30,31,37)/t18-,19+;17-,18-;16-,17+/m000/s1. The van der Waals surface area contributed by atoms with Crippen molar-refractivity contribution in [3.8, 4) is 51.7 Å². The van der Waals surface area contributed by atoms with Gasteiger partial charge in [-0.15, -0.1) is 0 Å². The summed E-state index contributed by atoms with van der Waals surface area (Å²) in [4.78, 5) is 94.1. The lowest BCUT2D eigenvalue weighted by molar-refractivity contribution is -0.138. The van der Waals surface area contributed by atoms with E-state index >= 15 is 0 Å². The van der Waals surface area contributed by atoms with Crippen LogP contribution in [0.4, 0.5) is 106 Å². The average molecular weight is 1590 g/mol. The minimum atomic E-state index is -4.52. The van der Waals surface area contributed by atoms with E-state index in [9.17, 15) is 69.2 Å². The van der Waals surface area contributed by atoms with E-state index in [2.05, 4.69) is 80.5 Å². The number of amides is 6. The lowest BCUT2D eigenvalue weighted by Gasteiger charge is -2.45. The topological polar surface area (TPSA) is 385 Å². The molecule has 0 aliphatic carbocycles. The Kier molecular flexibility index (Phi) is 24.3. The van der Waals surface area contributed by atoms with E-state index in [1.165, 1.54) is 94.2 Å². The number of benzene rings is 3. The molecule has 0 radical (unpaired) electrons. The molecule has 0 spiro atoms. The zero-order chi connectivity index (χ0) is 80.6. The number of hydrogen-bond donors (Lipinski definition) is 9. The summed E-state index contributed by atoms with van der Waals surface area (Å²) in [5.74, 6) is 2.01. The maximum atomic E-state index is 13.5. The fourth-order valence-electron chi connectivity index (χ4n) is 13.5. The number of carbonyl (C=O) groups excluding carboxylic acids is 3. The summed E-state index contributed by atoms with van der Waals surface area (Å²) in [5.41, 5.74) is 0.344. The van der Waals surface area contributed by atoms with Crippen molar-refractivity contribution in [2.75, 3.05) is 124 Å². The van der Waals surface area contributed by atoms with Gasteiger partial charge < -0.3 is 64.9 Å². The summed E-state index contributed by atoms with van der Waals surface area (Å²) in [6, 6.07) is 19.5. The number of aliphatic hydroxyl groups excluding tert-OH is 6. The van der Waals surface area contributed by atoms with Crippen molar-refractivity contribution in [2.45, 2.75) is 93.5 Å². The van der Waals surface area contributed by atoms with Gasteiger partial charge in [-0.05, 0) is 87.1 Å². The molecule has 15 rings (SSSR count). The van der Waals surface area contributed by atoms with Gasteiger partial charge in [0.15, 0.2) is 34.9 Å². The highest BCUT2D eigenvalue weighted by molar-refractivity contribution is 6.06. The fraction of sp³-hybridized carbons (Fsp3) is 0.365. The molecule has 6 amide bonds. The predicted octanol–water partition coefficient (Wildman–Crippen LogP) is 9.33. The summed E-state index contributed by atoms with van der Waals surface area (Å²) in [6.45, 7) is 2.06. The van der Waals surface area contributed by atoms with Crippen LogP contribution in [-0.4, -0.2) is 214 Å². The Labute approximate surface area is 642 Å². The normalized spacial score (nSPS) is 17.6. The second kappa shape index (κ2) is 34.6. The zero-order valence-corrected chi connectivity index (χ0v) is 60.2. The Balaban J connectivity index is 0.000000149. The van der Waals surface area contributed by atoms with Gasteiger partial charge >= 0.3 is 36.6 Å². The Morgan fingerprint density at radius 1 is 0.439 bits per heavy atom. The number of piperidine rings is 3. The summed E-state index contributed by atoms with van der Waals surface area (Å²) < 4.78 is 136. The first-order valence-electron chi connectivity index (χ1n) is 35.9. The number of anilines is 9. The third-order valence-corrected chi connectivity index (χ3v) is 19.0. The molecule has 31 nitrogen and oxygen atoms in total. The van der Waals surface area contributed by atoms with Crippen molar-refractivity contribution in [2.24, 2.45) is 0 Å². The van der Waals surface area contributed by atoms with Gasteiger partial charge in [-0.3, -0.25) is 25.3 Å². The molecular formula is C74H74F9N19O12. The van der Waals surface area contributed by atoms with E-state index in [1.54, 1.807) is 24.5 Å². The maximum Gasteiger partial charge on any atom is 0.416 e. The van der Waals surface area contributed by atoms with Crippen molar-refractivity contribution < 1.29 is 98.7 Å². The van der Waals surface area contributed by atoms with Crippen LogP contribution in [0, 0.1) is 0 Å². The van der Waals surface area contributed by atoms with E-state index in [0.29, 0.717) is 66.2 Å². The summed E-state index contributed by atoms with van der Waals surface area (Å²) in [5, 5.41) is 63.6. The van der Waals surface area contributed by atoms with Gasteiger partial charge in [-0.1, -0.05) is 36.4 Å². The van der Waals surface area contributed by atoms with E-state index in [4.69, 9.17) is 29.5 Å². The number of aromatic nitrogens is 10. The lowest BCUT2D eigenvalue weighted by Crippen LogP contribution is -2.56. The molecule has 0 unspecified atom stereocenters. The van der Waals surface area contributed by atoms with Crippen molar-refractivity contribution >= 4 is 69.9 Å². The molecule has 600 valence electrons. The number of hydrogen-bond acceptors (Lipinski definition) is 25. The molecule has 6 atom stereocenters. The van der Waals surface area contributed by atoms with Gasteiger partial charge in [0, 0.05) is 92.2 Å². The van der Waals surface area contributed by atoms with Gasteiger partial charge in [0.05, 0.1) is 90.3 Å². The van der Waals surface area contributed by atoms with Crippen LogP contribution in [0.1, 0.15) is 55.2 Å². The van der Waals surface area contributed by atoms with Crippen molar-refractivity contribution in [1.82, 2.24) is 49.8 Å². The van der Waals surface area contributed by atoms with Gasteiger partial charge in [-0.25, -0.2) is 64.2 Å². The van der Waals surface area contributed by atoms with Crippen LogP contribution < -0.4 is 59.6 Å². The predicted molar refractivity (Wildman–Crippen MR) is 394 cm³/mol. The number of ether oxygens (including phenoxy) is 3. The SMILES string of the molecule is O=C(Nc1cc(OC[C@@H](O)CO)ccn1)N1c2nc(-c3cccc(C(F)(F)F)c3)ncc2N2CCC[C@H]1C2.O=C(Nc1cc(OC[C@H](O)CO)ncn1)N1c2nc(-c3cccc(C(F)(F)F)c3)ncc2N2CCC[C@H]1C2.O=C(Nc1ccnc(OC[C@H](O)CO)c1)N1c2nc(-c3cccc(C(F)(F)F)c3)ncc2N2CCC[C@H]1C2. The third-order valence-electron chi connectivity index (χ3n) is 19.0. The van der Waals surface area contributed by atoms with Gasteiger partial charge in [-0.2, -0.15) is 39.5 Å². The fourth-order valence-corrected chi connectivity index (χ4v) is 13.5. The molecule has 9 N–H and O–H groups in total. The number of pyridine rings is 2. The highest BCUT2D eigenvalue weighted by Crippen LogP contribution is 2.44. The molecule has 3 fully saturated rings. The van der Waals surface area contributed by atoms with Crippen LogP contribution in [0.2, 0.25) is 0 Å². The van der Waals surface area contributed by atoms with Crippen LogP contribution >= 0.6 is 0 Å². The van der Waals surface area contributed by atoms with Crippen LogP contribution in [0.25, 0.3) is 34.2 Å². The summed E-state index contributed by atoms with van der Waals surface area (Å²) in [7, 11) is 0. The molecule has 6 aromatic heterocycles. The second-order valence-corrected chi connectivity index (χ2v) is 27.0. The van der Waals surface area contributed by atoms with Crippen LogP contribution in [0.15, 0.2) is 140 Å². The minimum absolute atomic E-state index is 0.0639. The Morgan fingerprint density at radius 3 is 1.22 bits per heavy atom. The van der Waals surface area contributed by atoms with Crippen molar-refractivity contribution in [3.05, 3.63) is 157 Å². The number of aliphatic hydroxyl groups is 6. The van der Waals surface area contributed by atoms with Gasteiger partial charge in [0.25, 0.3) is 0 Å². The molecule has 3 saturated heterocycles. The van der Waals surface area contributed by atoms with Crippen LogP contribution in [-0.2, 0) is 18.5 Å². The van der Waals surface area contributed by atoms with Crippen LogP contribution in [0.5, 0.6) is 17.5 Å². The molecule has 9 aromatic rings. The Morgan fingerprint density at radius 2 is 0.816 bits per heavy atom. The highest BCUT2D eigenvalue weighted by Gasteiger charge is 2.43. The number of rotatable bonds is 18. The lowest BCUT2D eigenvalue weighted by atomic mass is 10.0. The number of nitrogens with one attached hydrogen (secondary N) is 3.